The first-order chi connectivity index (χ1) is 5.69. The molecule has 0 aromatic rings. The fraction of sp³-hybridized carbons (Fsp3) is 0.667. The van der Waals surface area contributed by atoms with Crippen LogP contribution in [-0.4, -0.2) is 48.4 Å². The second kappa shape index (κ2) is 3.72. The molecule has 0 radical (unpaired) electrons. The van der Waals surface area contributed by atoms with Gasteiger partial charge in [-0.15, -0.1) is 0 Å². The largest absolute Gasteiger partial charge is 0.337 e. The lowest BCUT2D eigenvalue weighted by molar-refractivity contribution is -0.129. The van der Waals surface area contributed by atoms with Crippen LogP contribution < -0.4 is 0 Å². The predicted octanol–water partition coefficient (Wildman–Crippen LogP) is 0.335. The molecular formula is C9H16N2O. The molecule has 0 aromatic heterocycles. The van der Waals surface area contributed by atoms with Crippen LogP contribution in [0, 0.1) is 0 Å². The molecule has 1 aliphatic heterocycles. The van der Waals surface area contributed by atoms with Crippen LogP contribution in [0.15, 0.2) is 12.7 Å². The minimum Gasteiger partial charge on any atom is -0.337 e. The Labute approximate surface area is 73.6 Å². The Bertz CT molecular complexity index is 185. The smallest absolute Gasteiger partial charge is 0.246 e. The zero-order valence-corrected chi connectivity index (χ0v) is 7.79. The summed E-state index contributed by atoms with van der Waals surface area (Å²) in [7, 11) is 1.84. The highest BCUT2D eigenvalue weighted by Crippen LogP contribution is 2.12. The van der Waals surface area contributed by atoms with Crippen LogP contribution in [0.25, 0.3) is 0 Å². The summed E-state index contributed by atoms with van der Waals surface area (Å²) in [5.41, 5.74) is 0. The number of hydrogen-bond donors (Lipinski definition) is 0. The van der Waals surface area contributed by atoms with Crippen molar-refractivity contribution in [1.29, 1.82) is 0 Å². The zero-order valence-electron chi connectivity index (χ0n) is 7.79. The van der Waals surface area contributed by atoms with E-state index in [2.05, 4.69) is 18.4 Å². The third-order valence-electron chi connectivity index (χ3n) is 2.46. The highest BCUT2D eigenvalue weighted by atomic mass is 16.2. The molecule has 1 amide bonds. The Morgan fingerprint density at radius 2 is 2.33 bits per heavy atom. The number of carbonyl (C=O) groups excluding carboxylic acids is 1. The quantitative estimate of drug-likeness (QED) is 0.567. The number of hydrogen-bond acceptors (Lipinski definition) is 2. The molecule has 3 nitrogen and oxygen atoms in total. The highest BCUT2D eigenvalue weighted by molar-refractivity contribution is 5.87. The lowest BCUT2D eigenvalue weighted by Gasteiger charge is -2.43. The molecule has 0 atom stereocenters. The van der Waals surface area contributed by atoms with Gasteiger partial charge in [-0.2, -0.15) is 0 Å². The van der Waals surface area contributed by atoms with Crippen molar-refractivity contribution in [2.45, 2.75) is 13.0 Å². The van der Waals surface area contributed by atoms with E-state index in [1.807, 2.05) is 7.05 Å². The van der Waals surface area contributed by atoms with Gasteiger partial charge in [0.25, 0.3) is 0 Å². The predicted molar refractivity (Wildman–Crippen MR) is 48.9 cm³/mol. The first-order valence-electron chi connectivity index (χ1n) is 4.30. The van der Waals surface area contributed by atoms with Crippen molar-refractivity contribution >= 4 is 5.91 Å². The van der Waals surface area contributed by atoms with E-state index in [1.165, 1.54) is 6.08 Å². The minimum absolute atomic E-state index is 0.0238. The first-order valence-corrected chi connectivity index (χ1v) is 4.30. The van der Waals surface area contributed by atoms with Gasteiger partial charge in [0.2, 0.25) is 5.91 Å². The van der Waals surface area contributed by atoms with Crippen molar-refractivity contribution in [1.82, 2.24) is 9.80 Å². The van der Waals surface area contributed by atoms with Crippen molar-refractivity contribution in [3.63, 3.8) is 0 Å². The molecule has 0 aliphatic carbocycles. The maximum absolute atomic E-state index is 11.1. The molecule has 0 spiro atoms. The van der Waals surface area contributed by atoms with Crippen LogP contribution in [0.4, 0.5) is 0 Å². The molecular weight excluding hydrogens is 152 g/mol. The van der Waals surface area contributed by atoms with Gasteiger partial charge in [-0.1, -0.05) is 13.5 Å². The van der Waals surface area contributed by atoms with Gasteiger partial charge in [-0.3, -0.25) is 9.69 Å². The highest BCUT2D eigenvalue weighted by Gasteiger charge is 2.29. The summed E-state index contributed by atoms with van der Waals surface area (Å²) < 4.78 is 0. The van der Waals surface area contributed by atoms with E-state index in [1.54, 1.807) is 4.90 Å². The summed E-state index contributed by atoms with van der Waals surface area (Å²) in [4.78, 5) is 15.2. The molecule has 3 heteroatoms. The van der Waals surface area contributed by atoms with Gasteiger partial charge in [0, 0.05) is 20.1 Å². The van der Waals surface area contributed by atoms with E-state index in [9.17, 15) is 4.79 Å². The molecule has 0 aromatic carbocycles. The summed E-state index contributed by atoms with van der Waals surface area (Å²) in [6, 6.07) is 0.399. The van der Waals surface area contributed by atoms with Crippen molar-refractivity contribution in [2.24, 2.45) is 0 Å². The molecule has 12 heavy (non-hydrogen) atoms. The third kappa shape index (κ3) is 1.67. The number of carbonyl (C=O) groups is 1. The summed E-state index contributed by atoms with van der Waals surface area (Å²) in [5.74, 6) is 0.0238. The minimum atomic E-state index is 0.0238. The van der Waals surface area contributed by atoms with Crippen LogP contribution >= 0.6 is 0 Å². The van der Waals surface area contributed by atoms with Crippen molar-refractivity contribution in [3.8, 4) is 0 Å². The summed E-state index contributed by atoms with van der Waals surface area (Å²) in [5, 5.41) is 0. The van der Waals surface area contributed by atoms with Crippen LogP contribution in [-0.2, 0) is 4.79 Å². The SMILES string of the molecule is C=CC(=O)N(C)C1CN(CC)C1. The number of likely N-dealkylation sites (tertiary alicyclic amines) is 1. The molecule has 0 unspecified atom stereocenters. The van der Waals surface area contributed by atoms with Crippen molar-refractivity contribution < 1.29 is 4.79 Å². The van der Waals surface area contributed by atoms with Gasteiger partial charge in [0.15, 0.2) is 0 Å². The van der Waals surface area contributed by atoms with Gasteiger partial charge in [0.1, 0.15) is 0 Å². The number of rotatable bonds is 3. The Morgan fingerprint density at radius 1 is 1.75 bits per heavy atom. The average molecular weight is 168 g/mol. The molecule has 0 saturated carbocycles. The third-order valence-corrected chi connectivity index (χ3v) is 2.46. The van der Waals surface area contributed by atoms with E-state index in [0.717, 1.165) is 19.6 Å². The zero-order chi connectivity index (χ0) is 9.14. The van der Waals surface area contributed by atoms with Gasteiger partial charge < -0.3 is 4.90 Å². The van der Waals surface area contributed by atoms with Crippen LogP contribution in [0.1, 0.15) is 6.92 Å². The normalized spacial score (nSPS) is 18.5. The van der Waals surface area contributed by atoms with Gasteiger partial charge in [-0.05, 0) is 12.6 Å². The van der Waals surface area contributed by atoms with E-state index >= 15 is 0 Å². The second-order valence-corrected chi connectivity index (χ2v) is 3.16. The number of likely N-dealkylation sites (N-methyl/N-ethyl adjacent to an activating group) is 2. The second-order valence-electron chi connectivity index (χ2n) is 3.16. The number of amides is 1. The Morgan fingerprint density at radius 3 is 2.75 bits per heavy atom. The van der Waals surface area contributed by atoms with Crippen LogP contribution in [0.5, 0.6) is 0 Å². The monoisotopic (exact) mass is 168 g/mol. The average Bonchev–Trinajstić information content (AvgIpc) is 2.01. The van der Waals surface area contributed by atoms with E-state index in [4.69, 9.17) is 0 Å². The Kier molecular flexibility index (Phi) is 2.87. The Hall–Kier alpha value is -0.830. The summed E-state index contributed by atoms with van der Waals surface area (Å²) in [6.07, 6.45) is 1.37. The van der Waals surface area contributed by atoms with Crippen molar-refractivity contribution in [3.05, 3.63) is 12.7 Å². The Balaban J connectivity index is 2.32. The fourth-order valence-corrected chi connectivity index (χ4v) is 1.37. The summed E-state index contributed by atoms with van der Waals surface area (Å²) in [6.45, 7) is 8.68. The van der Waals surface area contributed by atoms with Crippen molar-refractivity contribution in [2.75, 3.05) is 26.7 Å². The maximum Gasteiger partial charge on any atom is 0.246 e. The molecule has 1 aliphatic rings. The van der Waals surface area contributed by atoms with Crippen LogP contribution in [0.2, 0.25) is 0 Å². The van der Waals surface area contributed by atoms with Gasteiger partial charge in [-0.25, -0.2) is 0 Å². The lowest BCUT2D eigenvalue weighted by Crippen LogP contribution is -2.59. The van der Waals surface area contributed by atoms with E-state index < -0.39 is 0 Å². The molecule has 0 N–H and O–H groups in total. The van der Waals surface area contributed by atoms with Gasteiger partial charge >= 0.3 is 0 Å². The van der Waals surface area contributed by atoms with Crippen LogP contribution in [0.3, 0.4) is 0 Å². The lowest BCUT2D eigenvalue weighted by atomic mass is 10.1. The molecule has 1 fully saturated rings. The van der Waals surface area contributed by atoms with E-state index in [-0.39, 0.29) is 5.91 Å². The first kappa shape index (κ1) is 9.26. The number of nitrogens with zero attached hydrogens (tertiary/aromatic N) is 2. The molecule has 68 valence electrons. The standard InChI is InChI=1S/C9H16N2O/c1-4-9(12)10(3)8-6-11(5-2)7-8/h4,8H,1,5-7H2,2-3H3. The van der Waals surface area contributed by atoms with E-state index in [0.29, 0.717) is 6.04 Å². The molecule has 1 heterocycles. The molecule has 0 bridgehead atoms. The molecule has 1 rings (SSSR count). The maximum atomic E-state index is 11.1. The van der Waals surface area contributed by atoms with Gasteiger partial charge in [0.05, 0.1) is 6.04 Å². The summed E-state index contributed by atoms with van der Waals surface area (Å²) >= 11 is 0. The fourth-order valence-electron chi connectivity index (χ4n) is 1.37. The topological polar surface area (TPSA) is 23.6 Å². The molecule has 1 saturated heterocycles.